The van der Waals surface area contributed by atoms with Gasteiger partial charge in [0, 0.05) is 37.1 Å². The van der Waals surface area contributed by atoms with Gasteiger partial charge in [0.15, 0.2) is 11.1 Å². The summed E-state index contributed by atoms with van der Waals surface area (Å²) in [7, 11) is 0. The molecule has 1 aromatic heterocycles. The number of hydrogen-bond donors (Lipinski definition) is 3. The Bertz CT molecular complexity index is 1300. The van der Waals surface area contributed by atoms with E-state index in [1.807, 2.05) is 13.0 Å². The number of nitrogens with zero attached hydrogens (tertiary/aromatic N) is 4. The fourth-order valence-electron chi connectivity index (χ4n) is 5.34. The predicted molar refractivity (Wildman–Crippen MR) is 160 cm³/mol. The van der Waals surface area contributed by atoms with Crippen LogP contribution in [0.1, 0.15) is 39.0 Å². The third-order valence-corrected chi connectivity index (χ3v) is 8.63. The van der Waals surface area contributed by atoms with Crippen LogP contribution in [0.15, 0.2) is 58.0 Å². The summed E-state index contributed by atoms with van der Waals surface area (Å²) in [6, 6.07) is 13.8. The number of hydrogen-bond acceptors (Lipinski definition) is 8. The SMILES string of the molecule is CCOc1cc(N2CCC(N3CCCCC3)CC2)ccc1Nc1ncc(Br)c(Nc2ccccc2S(=O)O)n1. The molecule has 2 aliphatic heterocycles. The van der Waals surface area contributed by atoms with E-state index >= 15 is 0 Å². The van der Waals surface area contributed by atoms with Crippen LogP contribution in [-0.4, -0.2) is 62.5 Å². The van der Waals surface area contributed by atoms with E-state index < -0.39 is 11.1 Å². The Balaban J connectivity index is 1.30. The molecule has 2 aliphatic rings. The van der Waals surface area contributed by atoms with Gasteiger partial charge >= 0.3 is 0 Å². The van der Waals surface area contributed by atoms with E-state index in [1.165, 1.54) is 45.2 Å². The molecule has 2 aromatic carbocycles. The minimum atomic E-state index is -2.13. The number of anilines is 5. The first-order valence-electron chi connectivity index (χ1n) is 13.5. The Kier molecular flexibility index (Phi) is 9.33. The summed E-state index contributed by atoms with van der Waals surface area (Å²) in [6.45, 7) is 7.11. The van der Waals surface area contributed by atoms with E-state index in [2.05, 4.69) is 58.5 Å². The summed E-state index contributed by atoms with van der Waals surface area (Å²) in [5.74, 6) is 1.59. The third kappa shape index (κ3) is 6.89. The van der Waals surface area contributed by atoms with Crippen molar-refractivity contribution in [2.45, 2.75) is 50.0 Å². The molecule has 0 spiro atoms. The standard InChI is InChI=1S/C28H35BrN6O3S/c1-2-38-25-18-21(35-16-12-20(13-17-35)34-14-6-3-7-15-34)10-11-23(25)32-28-30-19-22(29)27(33-28)31-24-8-4-5-9-26(24)39(36)37/h4-5,8-11,18-20H,2-3,6-7,12-17H2,1H3,(H,36,37)(H2,30,31,32,33). The Hall–Kier alpha value is -2.73. The van der Waals surface area contributed by atoms with E-state index in [-0.39, 0.29) is 4.90 Å². The van der Waals surface area contributed by atoms with Crippen LogP contribution in [0.4, 0.5) is 28.8 Å². The number of aromatic nitrogens is 2. The Morgan fingerprint density at radius 1 is 1.05 bits per heavy atom. The Morgan fingerprint density at radius 2 is 1.82 bits per heavy atom. The van der Waals surface area contributed by atoms with Crippen molar-refractivity contribution in [2.75, 3.05) is 48.3 Å². The summed E-state index contributed by atoms with van der Waals surface area (Å²) in [5, 5.41) is 6.42. The monoisotopic (exact) mass is 614 g/mol. The molecule has 0 radical (unpaired) electrons. The molecule has 3 aromatic rings. The van der Waals surface area contributed by atoms with E-state index in [0.29, 0.717) is 34.6 Å². The van der Waals surface area contributed by atoms with Crippen LogP contribution < -0.4 is 20.3 Å². The maximum absolute atomic E-state index is 11.7. The van der Waals surface area contributed by atoms with Gasteiger partial charge in [-0.2, -0.15) is 4.98 Å². The van der Waals surface area contributed by atoms with Gasteiger partial charge in [-0.1, -0.05) is 18.6 Å². The van der Waals surface area contributed by atoms with Crippen molar-refractivity contribution in [3.8, 4) is 5.75 Å². The number of benzene rings is 2. The maximum atomic E-state index is 11.7. The lowest BCUT2D eigenvalue weighted by atomic mass is 9.99. The van der Waals surface area contributed by atoms with Crippen molar-refractivity contribution >= 4 is 55.8 Å². The lowest BCUT2D eigenvalue weighted by molar-refractivity contribution is 0.141. The second-order valence-corrected chi connectivity index (χ2v) is 11.6. The molecule has 0 bridgehead atoms. The van der Waals surface area contributed by atoms with Gasteiger partial charge in [-0.3, -0.25) is 0 Å². The Morgan fingerprint density at radius 3 is 2.56 bits per heavy atom. The predicted octanol–water partition coefficient (Wildman–Crippen LogP) is 6.16. The summed E-state index contributed by atoms with van der Waals surface area (Å²) < 4.78 is 28.0. The smallest absolute Gasteiger partial charge is 0.229 e. The number of halogens is 1. The molecule has 0 amide bonds. The summed E-state index contributed by atoms with van der Waals surface area (Å²) in [4.78, 5) is 14.4. The van der Waals surface area contributed by atoms with Crippen molar-refractivity contribution < 1.29 is 13.5 Å². The van der Waals surface area contributed by atoms with Crippen LogP contribution in [0.3, 0.4) is 0 Å². The van der Waals surface area contributed by atoms with Crippen molar-refractivity contribution in [3.63, 3.8) is 0 Å². The van der Waals surface area contributed by atoms with Crippen LogP contribution >= 0.6 is 15.9 Å². The molecule has 1 unspecified atom stereocenters. The first kappa shape index (κ1) is 27.8. The molecule has 208 valence electrons. The fourth-order valence-corrected chi connectivity index (χ4v) is 6.14. The van der Waals surface area contributed by atoms with Crippen molar-refractivity contribution in [3.05, 3.63) is 53.1 Å². The molecule has 9 nitrogen and oxygen atoms in total. The molecule has 2 fully saturated rings. The van der Waals surface area contributed by atoms with Crippen molar-refractivity contribution in [1.82, 2.24) is 14.9 Å². The molecule has 0 aliphatic carbocycles. The highest BCUT2D eigenvalue weighted by Crippen LogP contribution is 2.34. The molecule has 11 heteroatoms. The highest BCUT2D eigenvalue weighted by molar-refractivity contribution is 9.10. The summed E-state index contributed by atoms with van der Waals surface area (Å²) in [6.07, 6.45) is 8.07. The third-order valence-electron chi connectivity index (χ3n) is 7.32. The topological polar surface area (TPSA) is 103 Å². The van der Waals surface area contributed by atoms with E-state index in [4.69, 9.17) is 4.74 Å². The van der Waals surface area contributed by atoms with Crippen LogP contribution in [0.2, 0.25) is 0 Å². The number of ether oxygens (including phenoxy) is 1. The second kappa shape index (κ2) is 13.1. The zero-order valence-corrected chi connectivity index (χ0v) is 24.5. The average molecular weight is 616 g/mol. The molecule has 1 atom stereocenters. The summed E-state index contributed by atoms with van der Waals surface area (Å²) in [5.41, 5.74) is 2.43. The molecule has 3 N–H and O–H groups in total. The second-order valence-electron chi connectivity index (χ2n) is 9.81. The fraction of sp³-hybridized carbons (Fsp3) is 0.429. The first-order chi connectivity index (χ1) is 19.0. The lowest BCUT2D eigenvalue weighted by Gasteiger charge is -2.41. The zero-order chi connectivity index (χ0) is 27.2. The largest absolute Gasteiger partial charge is 0.492 e. The van der Waals surface area contributed by atoms with Gasteiger partial charge in [0.25, 0.3) is 0 Å². The highest BCUT2D eigenvalue weighted by Gasteiger charge is 2.26. The number of para-hydroxylation sites is 1. The van der Waals surface area contributed by atoms with Crippen molar-refractivity contribution in [2.24, 2.45) is 0 Å². The molecule has 2 saturated heterocycles. The quantitative estimate of drug-likeness (QED) is 0.244. The number of nitrogens with one attached hydrogen (secondary N) is 2. The van der Waals surface area contributed by atoms with Gasteiger partial charge in [0.05, 0.1) is 27.3 Å². The first-order valence-corrected chi connectivity index (χ1v) is 15.4. The molecular weight excluding hydrogens is 580 g/mol. The molecular formula is C28H35BrN6O3S. The van der Waals surface area contributed by atoms with E-state index in [1.54, 1.807) is 30.5 Å². The van der Waals surface area contributed by atoms with Gasteiger partial charge in [-0.05, 0) is 85.9 Å². The van der Waals surface area contributed by atoms with E-state index in [0.717, 1.165) is 30.2 Å². The van der Waals surface area contributed by atoms with Crippen LogP contribution in [-0.2, 0) is 11.1 Å². The van der Waals surface area contributed by atoms with Gasteiger partial charge in [-0.25, -0.2) is 9.19 Å². The van der Waals surface area contributed by atoms with Crippen molar-refractivity contribution in [1.29, 1.82) is 0 Å². The van der Waals surface area contributed by atoms with Crippen LogP contribution in [0.5, 0.6) is 5.75 Å². The average Bonchev–Trinajstić information content (AvgIpc) is 2.96. The molecule has 39 heavy (non-hydrogen) atoms. The molecule has 0 saturated carbocycles. The number of rotatable bonds is 9. The maximum Gasteiger partial charge on any atom is 0.229 e. The minimum absolute atomic E-state index is 0.270. The lowest BCUT2D eigenvalue weighted by Crippen LogP contribution is -2.46. The number of piperidine rings is 2. The minimum Gasteiger partial charge on any atom is -0.492 e. The summed E-state index contributed by atoms with van der Waals surface area (Å²) >= 11 is 1.34. The molecule has 3 heterocycles. The van der Waals surface area contributed by atoms with E-state index in [9.17, 15) is 8.76 Å². The van der Waals surface area contributed by atoms with Crippen LogP contribution in [0.25, 0.3) is 0 Å². The molecule has 5 rings (SSSR count). The normalized spacial score (nSPS) is 17.6. The van der Waals surface area contributed by atoms with Gasteiger partial charge in [0.2, 0.25) is 5.95 Å². The van der Waals surface area contributed by atoms with Gasteiger partial charge < -0.3 is 29.7 Å². The van der Waals surface area contributed by atoms with Gasteiger partial charge in [0.1, 0.15) is 11.6 Å². The highest BCUT2D eigenvalue weighted by atomic mass is 79.9. The zero-order valence-electron chi connectivity index (χ0n) is 22.1. The Labute approximate surface area is 240 Å². The van der Waals surface area contributed by atoms with Crippen LogP contribution in [0, 0.1) is 0 Å². The van der Waals surface area contributed by atoms with Gasteiger partial charge in [-0.15, -0.1) is 0 Å². The number of likely N-dealkylation sites (tertiary alicyclic amines) is 1.